The minimum Gasteiger partial charge on any atom is -0.397 e. The molecule has 0 unspecified atom stereocenters. The van der Waals surface area contributed by atoms with Gasteiger partial charge in [-0.1, -0.05) is 22.0 Å². The highest BCUT2D eigenvalue weighted by atomic mass is 79.9. The van der Waals surface area contributed by atoms with Gasteiger partial charge in [-0.3, -0.25) is 0 Å². The fraction of sp³-hybridized carbons (Fsp3) is 0. The summed E-state index contributed by atoms with van der Waals surface area (Å²) >= 11 is 3.40. The largest absolute Gasteiger partial charge is 0.397 e. The maximum absolute atomic E-state index is 8.75. The van der Waals surface area contributed by atoms with Crippen LogP contribution >= 0.6 is 15.9 Å². The van der Waals surface area contributed by atoms with Gasteiger partial charge in [-0.05, 0) is 36.4 Å². The van der Waals surface area contributed by atoms with Gasteiger partial charge in [0.1, 0.15) is 0 Å². The third-order valence-corrected chi connectivity index (χ3v) is 2.78. The number of nitrogens with one attached hydrogen (secondary N) is 1. The zero-order valence-electron chi connectivity index (χ0n) is 8.94. The summed E-state index contributed by atoms with van der Waals surface area (Å²) in [5.74, 6) is 0. The first-order chi connectivity index (χ1) is 8.19. The maximum Gasteiger partial charge on any atom is 0.0992 e. The van der Waals surface area contributed by atoms with Gasteiger partial charge < -0.3 is 11.1 Å². The molecule has 2 aromatic carbocycles. The number of nitrogens with zero attached hydrogens (tertiary/aromatic N) is 1. The van der Waals surface area contributed by atoms with E-state index in [4.69, 9.17) is 11.0 Å². The van der Waals surface area contributed by atoms with Crippen molar-refractivity contribution in [2.75, 3.05) is 11.1 Å². The monoisotopic (exact) mass is 287 g/mol. The number of nitrogen functional groups attached to an aromatic ring is 1. The highest BCUT2D eigenvalue weighted by molar-refractivity contribution is 9.10. The molecule has 3 N–H and O–H groups in total. The lowest BCUT2D eigenvalue weighted by molar-refractivity contribution is 1.47. The molecule has 0 bridgehead atoms. The fourth-order valence-corrected chi connectivity index (χ4v) is 1.87. The molecule has 4 heteroatoms. The van der Waals surface area contributed by atoms with Gasteiger partial charge in [0.15, 0.2) is 0 Å². The van der Waals surface area contributed by atoms with Crippen molar-refractivity contribution < 1.29 is 0 Å². The van der Waals surface area contributed by atoms with E-state index >= 15 is 0 Å². The average molecular weight is 288 g/mol. The summed E-state index contributed by atoms with van der Waals surface area (Å²) in [4.78, 5) is 0. The van der Waals surface area contributed by atoms with Crippen molar-refractivity contribution >= 4 is 33.0 Å². The van der Waals surface area contributed by atoms with Crippen molar-refractivity contribution in [3.63, 3.8) is 0 Å². The van der Waals surface area contributed by atoms with Crippen molar-refractivity contribution in [3.05, 3.63) is 52.5 Å². The Morgan fingerprint density at radius 1 is 1.18 bits per heavy atom. The first-order valence-corrected chi connectivity index (χ1v) is 5.80. The van der Waals surface area contributed by atoms with E-state index in [0.29, 0.717) is 11.3 Å². The summed E-state index contributed by atoms with van der Waals surface area (Å²) < 4.78 is 0.995. The van der Waals surface area contributed by atoms with Gasteiger partial charge in [0.2, 0.25) is 0 Å². The number of anilines is 3. The van der Waals surface area contributed by atoms with Crippen molar-refractivity contribution in [1.82, 2.24) is 0 Å². The molecule has 17 heavy (non-hydrogen) atoms. The quantitative estimate of drug-likeness (QED) is 0.829. The number of benzene rings is 2. The van der Waals surface area contributed by atoms with Crippen LogP contribution in [0, 0.1) is 11.3 Å². The molecule has 0 spiro atoms. The van der Waals surface area contributed by atoms with Crippen molar-refractivity contribution in [2.24, 2.45) is 0 Å². The van der Waals surface area contributed by atoms with Crippen molar-refractivity contribution in [1.29, 1.82) is 5.26 Å². The highest BCUT2D eigenvalue weighted by Gasteiger charge is 2.01. The summed E-state index contributed by atoms with van der Waals surface area (Å²) in [6.07, 6.45) is 0. The van der Waals surface area contributed by atoms with Crippen LogP contribution in [0.3, 0.4) is 0 Å². The minimum atomic E-state index is 0.558. The van der Waals surface area contributed by atoms with Crippen LogP contribution in [0.25, 0.3) is 0 Å². The van der Waals surface area contributed by atoms with Crippen LogP contribution < -0.4 is 11.1 Å². The summed E-state index contributed by atoms with van der Waals surface area (Å²) in [5, 5.41) is 11.9. The molecule has 2 aromatic rings. The summed E-state index contributed by atoms with van der Waals surface area (Å²) in [7, 11) is 0. The normalized spacial score (nSPS) is 9.65. The second-order valence-electron chi connectivity index (χ2n) is 3.55. The van der Waals surface area contributed by atoms with E-state index in [0.717, 1.165) is 15.8 Å². The van der Waals surface area contributed by atoms with Crippen molar-refractivity contribution in [3.8, 4) is 6.07 Å². The van der Waals surface area contributed by atoms with E-state index in [1.807, 2.05) is 24.3 Å². The molecular formula is C13H10BrN3. The lowest BCUT2D eigenvalue weighted by atomic mass is 10.2. The van der Waals surface area contributed by atoms with E-state index in [1.165, 1.54) is 0 Å². The number of nitrogens with two attached hydrogens (primary N) is 1. The molecular weight excluding hydrogens is 278 g/mol. The molecule has 3 nitrogen and oxygen atoms in total. The van der Waals surface area contributed by atoms with Crippen LogP contribution in [0.15, 0.2) is 46.9 Å². The van der Waals surface area contributed by atoms with Crippen LogP contribution in [-0.2, 0) is 0 Å². The number of halogens is 1. The predicted molar refractivity (Wildman–Crippen MR) is 73.0 cm³/mol. The van der Waals surface area contributed by atoms with Crippen LogP contribution in [-0.4, -0.2) is 0 Å². The van der Waals surface area contributed by atoms with Crippen LogP contribution in [0.5, 0.6) is 0 Å². The predicted octanol–water partition coefficient (Wildman–Crippen LogP) is 3.65. The van der Waals surface area contributed by atoms with E-state index < -0.39 is 0 Å². The zero-order valence-corrected chi connectivity index (χ0v) is 10.5. The van der Waals surface area contributed by atoms with Crippen LogP contribution in [0.1, 0.15) is 5.56 Å². The Labute approximate surface area is 108 Å². The first-order valence-electron chi connectivity index (χ1n) is 5.01. The van der Waals surface area contributed by atoms with E-state index in [1.54, 1.807) is 18.2 Å². The Bertz CT molecular complexity index is 587. The highest BCUT2D eigenvalue weighted by Crippen LogP contribution is 2.25. The summed E-state index contributed by atoms with van der Waals surface area (Å²) in [6, 6.07) is 15.0. The molecule has 0 aliphatic heterocycles. The van der Waals surface area contributed by atoms with Gasteiger partial charge in [0.05, 0.1) is 23.0 Å². The van der Waals surface area contributed by atoms with Gasteiger partial charge in [-0.25, -0.2) is 0 Å². The Kier molecular flexibility index (Phi) is 3.31. The molecule has 0 atom stereocenters. The standard InChI is InChI=1S/C13H10BrN3/c14-10-2-1-3-11(7-10)17-13-5-4-9(8-15)6-12(13)16/h1-7,17H,16H2. The molecule has 0 aliphatic carbocycles. The lowest BCUT2D eigenvalue weighted by Crippen LogP contribution is -1.96. The molecule has 0 amide bonds. The number of nitriles is 1. The van der Waals surface area contributed by atoms with Crippen LogP contribution in [0.2, 0.25) is 0 Å². The molecule has 0 heterocycles. The van der Waals surface area contributed by atoms with E-state index in [-0.39, 0.29) is 0 Å². The Morgan fingerprint density at radius 2 is 2.00 bits per heavy atom. The van der Waals surface area contributed by atoms with Gasteiger partial charge in [-0.15, -0.1) is 0 Å². The molecule has 0 saturated carbocycles. The molecule has 2 rings (SSSR count). The number of hydrogen-bond acceptors (Lipinski definition) is 3. The molecule has 84 valence electrons. The van der Waals surface area contributed by atoms with E-state index in [9.17, 15) is 0 Å². The lowest BCUT2D eigenvalue weighted by Gasteiger charge is -2.09. The molecule has 0 radical (unpaired) electrons. The Morgan fingerprint density at radius 3 is 2.65 bits per heavy atom. The average Bonchev–Trinajstić information content (AvgIpc) is 2.32. The second kappa shape index (κ2) is 4.89. The third kappa shape index (κ3) is 2.77. The van der Waals surface area contributed by atoms with Crippen molar-refractivity contribution in [2.45, 2.75) is 0 Å². The second-order valence-corrected chi connectivity index (χ2v) is 4.46. The first kappa shape index (κ1) is 11.5. The summed E-state index contributed by atoms with van der Waals surface area (Å²) in [5.41, 5.74) is 8.71. The van der Waals surface area contributed by atoms with Gasteiger partial charge in [0, 0.05) is 10.2 Å². The van der Waals surface area contributed by atoms with Gasteiger partial charge >= 0.3 is 0 Å². The summed E-state index contributed by atoms with van der Waals surface area (Å²) in [6.45, 7) is 0. The number of hydrogen-bond donors (Lipinski definition) is 2. The molecule has 0 aromatic heterocycles. The fourth-order valence-electron chi connectivity index (χ4n) is 1.47. The molecule has 0 aliphatic rings. The van der Waals surface area contributed by atoms with E-state index in [2.05, 4.69) is 27.3 Å². The smallest absolute Gasteiger partial charge is 0.0992 e. The SMILES string of the molecule is N#Cc1ccc(Nc2cccc(Br)c2)c(N)c1. The Hall–Kier alpha value is -1.99. The molecule has 0 fully saturated rings. The molecule has 0 saturated heterocycles. The zero-order chi connectivity index (χ0) is 12.3. The number of rotatable bonds is 2. The Balaban J connectivity index is 2.28. The maximum atomic E-state index is 8.75. The topological polar surface area (TPSA) is 61.8 Å². The third-order valence-electron chi connectivity index (χ3n) is 2.28. The van der Waals surface area contributed by atoms with Gasteiger partial charge in [-0.2, -0.15) is 5.26 Å². The van der Waals surface area contributed by atoms with Gasteiger partial charge in [0.25, 0.3) is 0 Å². The minimum absolute atomic E-state index is 0.558. The van der Waals surface area contributed by atoms with Crippen LogP contribution in [0.4, 0.5) is 17.1 Å².